The summed E-state index contributed by atoms with van der Waals surface area (Å²) in [5.74, 6) is -1.61. The normalized spacial score (nSPS) is 28.5. The molecule has 0 unspecified atom stereocenters. The first-order chi connectivity index (χ1) is 27.0. The van der Waals surface area contributed by atoms with Crippen molar-refractivity contribution in [3.05, 3.63) is 42.6 Å². The van der Waals surface area contributed by atoms with Gasteiger partial charge in [0.25, 0.3) is 5.91 Å². The molecule has 3 fully saturated rings. The number of nitrogens with one attached hydrogen (secondary N) is 3. The van der Waals surface area contributed by atoms with E-state index in [2.05, 4.69) is 27.3 Å². The molecule has 3 heterocycles. The minimum atomic E-state index is -3.90. The zero-order valence-corrected chi connectivity index (χ0v) is 35.4. The first kappa shape index (κ1) is 43.7. The Morgan fingerprint density at radius 1 is 1.07 bits per heavy atom. The number of benzene rings is 1. The van der Waals surface area contributed by atoms with Gasteiger partial charge >= 0.3 is 6.09 Å². The van der Waals surface area contributed by atoms with Crippen LogP contribution in [0.2, 0.25) is 0 Å². The molecule has 1 aromatic carbocycles. The Morgan fingerprint density at radius 2 is 1.77 bits per heavy atom. The van der Waals surface area contributed by atoms with Crippen LogP contribution in [0, 0.1) is 17.8 Å². The van der Waals surface area contributed by atoms with E-state index in [0.29, 0.717) is 49.3 Å². The molecule has 7 atom stereocenters. The van der Waals surface area contributed by atoms with Gasteiger partial charge in [-0.3, -0.25) is 19.1 Å². The number of carbonyl (C=O) groups is 4. The van der Waals surface area contributed by atoms with E-state index >= 15 is 0 Å². The van der Waals surface area contributed by atoms with Crippen molar-refractivity contribution in [1.82, 2.24) is 25.2 Å². The molecular weight excluding hydrogens is 751 g/mol. The number of hydrogen-bond donors (Lipinski definition) is 3. The monoisotopic (exact) mass is 817 g/mol. The molecule has 2 aliphatic carbocycles. The van der Waals surface area contributed by atoms with Gasteiger partial charge in [0.1, 0.15) is 35.1 Å². The standard InChI is InChI=1S/C40H55N5O9S.C2H6.3H2/c1-7-18-52-32-22-41-35(30-15-11-10-14-29(30)32)53-27-20-31-34(46)43-40(37(48)44-55(50,51)28-16-17-28)21-26(40)13-9-8-12-24(2)19-25(3)33(36(47)45(31)23-27)42-38(49)54-39(4,5)6;1-2;;;/h9-11,13-15,22,24-28,31,33H,7-8,12,16-21,23H2,1-6H3,(H,42,49)(H,43,46)(H,44,48);1-2H3;3*1H/b13-9-;;;;/t24-,25-,26-,27-,31+,33+,40-;;;;/m1..../s1. The molecule has 15 heteroatoms. The van der Waals surface area contributed by atoms with E-state index in [4.69, 9.17) is 14.2 Å². The average Bonchev–Trinajstić information content (AvgIpc) is 4.08. The molecule has 1 saturated heterocycles. The predicted octanol–water partition coefficient (Wildman–Crippen LogP) is 6.53. The van der Waals surface area contributed by atoms with E-state index in [0.717, 1.165) is 18.2 Å². The van der Waals surface area contributed by atoms with Gasteiger partial charge in [-0.1, -0.05) is 65.0 Å². The van der Waals surface area contributed by atoms with Crippen LogP contribution in [0.4, 0.5) is 4.79 Å². The summed E-state index contributed by atoms with van der Waals surface area (Å²) in [5, 5.41) is 6.58. The number of aromatic nitrogens is 1. The summed E-state index contributed by atoms with van der Waals surface area (Å²) >= 11 is 0. The smallest absolute Gasteiger partial charge is 0.408 e. The molecule has 4 amide bonds. The largest absolute Gasteiger partial charge is 0.491 e. The van der Waals surface area contributed by atoms with Crippen LogP contribution >= 0.6 is 0 Å². The first-order valence-corrected chi connectivity index (χ1v) is 22.1. The number of carbonyl (C=O) groups excluding carboxylic acids is 4. The Balaban J connectivity index is 0.00000244. The third-order valence-corrected chi connectivity index (χ3v) is 12.6. The second-order valence-corrected chi connectivity index (χ2v) is 18.7. The fraction of sp³-hybridized carbons (Fsp3) is 0.643. The number of pyridine rings is 1. The molecule has 14 nitrogen and oxygen atoms in total. The summed E-state index contributed by atoms with van der Waals surface area (Å²) in [4.78, 5) is 62.2. The van der Waals surface area contributed by atoms with Crippen LogP contribution in [0.5, 0.6) is 11.6 Å². The summed E-state index contributed by atoms with van der Waals surface area (Å²) in [6.07, 6.45) is 8.04. The molecule has 0 radical (unpaired) electrons. The van der Waals surface area contributed by atoms with Crippen LogP contribution < -0.4 is 24.8 Å². The van der Waals surface area contributed by atoms with Crippen LogP contribution in [0.15, 0.2) is 42.6 Å². The van der Waals surface area contributed by atoms with Crippen LogP contribution in [0.3, 0.4) is 0 Å². The van der Waals surface area contributed by atoms with Crippen LogP contribution in [0.25, 0.3) is 10.8 Å². The van der Waals surface area contributed by atoms with E-state index in [1.165, 1.54) is 4.90 Å². The summed E-state index contributed by atoms with van der Waals surface area (Å²) in [6, 6.07) is 5.36. The zero-order chi connectivity index (χ0) is 41.7. The highest BCUT2D eigenvalue weighted by molar-refractivity contribution is 7.91. The number of sulfonamides is 1. The van der Waals surface area contributed by atoms with E-state index < -0.39 is 74.3 Å². The number of ether oxygens (including phenoxy) is 3. The lowest BCUT2D eigenvalue weighted by atomic mass is 9.88. The van der Waals surface area contributed by atoms with Gasteiger partial charge in [0, 0.05) is 27.4 Å². The minimum Gasteiger partial charge on any atom is -0.491 e. The molecule has 6 rings (SSSR count). The highest BCUT2D eigenvalue weighted by Crippen LogP contribution is 2.46. The molecule has 320 valence electrons. The van der Waals surface area contributed by atoms with Gasteiger partial charge < -0.3 is 29.7 Å². The molecule has 2 aromatic rings. The van der Waals surface area contributed by atoms with Crippen molar-refractivity contribution >= 4 is 44.6 Å². The molecular formula is C42H67N5O9S. The Labute approximate surface area is 341 Å². The third-order valence-electron chi connectivity index (χ3n) is 10.8. The van der Waals surface area contributed by atoms with Gasteiger partial charge in [0.05, 0.1) is 24.6 Å². The van der Waals surface area contributed by atoms with Crippen molar-refractivity contribution in [1.29, 1.82) is 0 Å². The molecule has 3 N–H and O–H groups in total. The quantitative estimate of drug-likeness (QED) is 0.236. The second-order valence-electron chi connectivity index (χ2n) is 16.7. The van der Waals surface area contributed by atoms with Crippen molar-refractivity contribution in [2.75, 3.05) is 13.2 Å². The average molecular weight is 818 g/mol. The fourth-order valence-corrected chi connectivity index (χ4v) is 9.02. The molecule has 2 aliphatic heterocycles. The van der Waals surface area contributed by atoms with E-state index in [1.807, 2.05) is 64.1 Å². The number of fused-ring (bicyclic) bond motifs is 3. The minimum absolute atomic E-state index is 0. The second kappa shape index (κ2) is 18.0. The van der Waals surface area contributed by atoms with Crippen LogP contribution in [-0.4, -0.2) is 89.8 Å². The van der Waals surface area contributed by atoms with Crippen molar-refractivity contribution in [2.24, 2.45) is 17.8 Å². The van der Waals surface area contributed by atoms with Crippen molar-refractivity contribution in [3.63, 3.8) is 0 Å². The lowest BCUT2D eigenvalue weighted by Crippen LogP contribution is -2.59. The lowest BCUT2D eigenvalue weighted by Gasteiger charge is -2.33. The first-order valence-electron chi connectivity index (χ1n) is 20.5. The van der Waals surface area contributed by atoms with Gasteiger partial charge in [-0.15, -0.1) is 0 Å². The number of alkyl carbamates (subject to hydrolysis) is 1. The molecule has 0 bridgehead atoms. The Bertz CT molecular complexity index is 1940. The maximum atomic E-state index is 14.8. The molecule has 1 aromatic heterocycles. The number of nitrogens with zero attached hydrogens (tertiary/aromatic N) is 2. The number of allylic oxidation sites excluding steroid dienone is 1. The number of hydrogen-bond acceptors (Lipinski definition) is 10. The highest BCUT2D eigenvalue weighted by atomic mass is 32.2. The summed E-state index contributed by atoms with van der Waals surface area (Å²) in [7, 11) is -3.90. The molecule has 57 heavy (non-hydrogen) atoms. The zero-order valence-electron chi connectivity index (χ0n) is 34.6. The van der Waals surface area contributed by atoms with E-state index in [-0.39, 0.29) is 35.5 Å². The summed E-state index contributed by atoms with van der Waals surface area (Å²) < 4.78 is 46.0. The SMILES string of the molecule is CC.CCCOc1cnc(O[C@@H]2C[C@H]3C(=O)N[C@]4(C(=O)NS(=O)(=O)C5CC5)C[C@H]4/C=C\CC[C@@H](C)C[C@@H](C)[C@H](NC(=O)OC(C)(C)C)C(=O)N3C2)c2ccccc12.[HH].[HH].[HH]. The van der Waals surface area contributed by atoms with Crippen LogP contribution in [0.1, 0.15) is 111 Å². The lowest BCUT2D eigenvalue weighted by molar-refractivity contribution is -0.142. The maximum Gasteiger partial charge on any atom is 0.408 e. The number of amides is 4. The van der Waals surface area contributed by atoms with Gasteiger partial charge in [-0.2, -0.15) is 0 Å². The van der Waals surface area contributed by atoms with Gasteiger partial charge in [-0.05, 0) is 83.6 Å². The molecule has 2 saturated carbocycles. The summed E-state index contributed by atoms with van der Waals surface area (Å²) in [5.41, 5.74) is -2.33. The van der Waals surface area contributed by atoms with Gasteiger partial charge in [0.15, 0.2) is 0 Å². The van der Waals surface area contributed by atoms with E-state index in [1.54, 1.807) is 27.0 Å². The van der Waals surface area contributed by atoms with Crippen molar-refractivity contribution in [3.8, 4) is 11.6 Å². The number of rotatable bonds is 9. The van der Waals surface area contributed by atoms with Crippen molar-refractivity contribution in [2.45, 2.75) is 141 Å². The van der Waals surface area contributed by atoms with Gasteiger partial charge in [-0.25, -0.2) is 18.2 Å². The van der Waals surface area contributed by atoms with Crippen LogP contribution in [-0.2, 0) is 29.1 Å². The summed E-state index contributed by atoms with van der Waals surface area (Å²) in [6.45, 7) is 15.7. The Kier molecular flexibility index (Phi) is 13.8. The van der Waals surface area contributed by atoms with Gasteiger partial charge in [0.2, 0.25) is 27.7 Å². The molecule has 4 aliphatic rings. The fourth-order valence-electron chi connectivity index (χ4n) is 7.65. The van der Waals surface area contributed by atoms with Crippen molar-refractivity contribution < 1.29 is 46.1 Å². The predicted molar refractivity (Wildman–Crippen MR) is 223 cm³/mol. The third kappa shape index (κ3) is 10.6. The topological polar surface area (TPSA) is 182 Å². The van der Waals surface area contributed by atoms with E-state index in [9.17, 15) is 27.6 Å². The molecule has 0 spiro atoms. The highest BCUT2D eigenvalue weighted by Gasteiger charge is 2.62. The maximum absolute atomic E-state index is 14.8. The Hall–Kier alpha value is -4.40. The Morgan fingerprint density at radius 3 is 2.44 bits per heavy atom.